The molecule has 1 aromatic carbocycles. The number of ketones is 1. The fraction of sp³-hybridized carbons (Fsp3) is 0.375. The first-order valence-corrected chi connectivity index (χ1v) is 6.64. The minimum absolute atomic E-state index is 0.0439. The summed E-state index contributed by atoms with van der Waals surface area (Å²) in [6.45, 7) is 5.99. The Morgan fingerprint density at radius 2 is 1.80 bits per heavy atom. The molecule has 0 unspecified atom stereocenters. The van der Waals surface area contributed by atoms with Gasteiger partial charge < -0.3 is 9.67 Å². The predicted molar refractivity (Wildman–Crippen MR) is 78.3 cm³/mol. The van der Waals surface area contributed by atoms with Crippen LogP contribution in [0.4, 0.5) is 0 Å². The standard InChI is InChI=1S/C16H19NO3/c1-9-5-6-12-15(13(18)7-8-14(19)20)11(3)17(4)16(12)10(9)2/h5-6H,7-8H2,1-4H3,(H,19,20). The van der Waals surface area contributed by atoms with Gasteiger partial charge >= 0.3 is 5.97 Å². The van der Waals surface area contributed by atoms with Crippen LogP contribution in [0.25, 0.3) is 10.9 Å². The van der Waals surface area contributed by atoms with E-state index in [0.717, 1.165) is 22.2 Å². The molecular weight excluding hydrogens is 254 g/mol. The Kier molecular flexibility index (Phi) is 3.66. The van der Waals surface area contributed by atoms with E-state index < -0.39 is 5.97 Å². The van der Waals surface area contributed by atoms with Crippen molar-refractivity contribution in [1.82, 2.24) is 4.57 Å². The largest absolute Gasteiger partial charge is 0.481 e. The molecule has 1 heterocycles. The lowest BCUT2D eigenvalue weighted by molar-refractivity contribution is -0.136. The average molecular weight is 273 g/mol. The monoisotopic (exact) mass is 273 g/mol. The number of carboxylic acids is 1. The van der Waals surface area contributed by atoms with E-state index in [2.05, 4.69) is 0 Å². The zero-order valence-corrected chi connectivity index (χ0v) is 12.3. The Balaban J connectivity index is 2.60. The molecular formula is C16H19NO3. The molecule has 0 aliphatic heterocycles. The Morgan fingerprint density at radius 1 is 1.15 bits per heavy atom. The van der Waals surface area contributed by atoms with Crippen LogP contribution in [0.3, 0.4) is 0 Å². The molecule has 0 aliphatic carbocycles. The Morgan fingerprint density at radius 3 is 2.40 bits per heavy atom. The van der Waals surface area contributed by atoms with E-state index in [9.17, 15) is 9.59 Å². The van der Waals surface area contributed by atoms with Gasteiger partial charge in [0.1, 0.15) is 0 Å². The van der Waals surface area contributed by atoms with Gasteiger partial charge in [-0.1, -0.05) is 12.1 Å². The van der Waals surface area contributed by atoms with Gasteiger partial charge in [0.05, 0.1) is 11.9 Å². The molecule has 1 N–H and O–H groups in total. The number of nitrogens with zero attached hydrogens (tertiary/aromatic N) is 1. The van der Waals surface area contributed by atoms with E-state index in [4.69, 9.17) is 5.11 Å². The van der Waals surface area contributed by atoms with Crippen molar-refractivity contribution < 1.29 is 14.7 Å². The molecule has 0 bridgehead atoms. The third-order valence-electron chi connectivity index (χ3n) is 4.02. The summed E-state index contributed by atoms with van der Waals surface area (Å²) in [6.07, 6.45) is -0.0816. The normalized spacial score (nSPS) is 11.0. The molecule has 0 aliphatic rings. The van der Waals surface area contributed by atoms with Gasteiger partial charge in [0.2, 0.25) is 0 Å². The number of Topliss-reactive ketones (excluding diaryl/α,β-unsaturated/α-hetero) is 1. The second kappa shape index (κ2) is 5.12. The van der Waals surface area contributed by atoms with Gasteiger partial charge in [0.15, 0.2) is 5.78 Å². The molecule has 0 atom stereocenters. The fourth-order valence-corrected chi connectivity index (χ4v) is 2.66. The number of hydrogen-bond acceptors (Lipinski definition) is 2. The molecule has 2 aromatic rings. The Hall–Kier alpha value is -2.10. The summed E-state index contributed by atoms with van der Waals surface area (Å²) in [7, 11) is 1.94. The van der Waals surface area contributed by atoms with Crippen molar-refractivity contribution in [3.63, 3.8) is 0 Å². The maximum Gasteiger partial charge on any atom is 0.303 e. The van der Waals surface area contributed by atoms with Crippen molar-refractivity contribution >= 4 is 22.7 Å². The number of aromatic nitrogens is 1. The zero-order valence-electron chi connectivity index (χ0n) is 12.3. The number of carboxylic acid groups (broad SMARTS) is 1. The number of hydrogen-bond donors (Lipinski definition) is 1. The van der Waals surface area contributed by atoms with Crippen LogP contribution in [0, 0.1) is 20.8 Å². The second-order valence-electron chi connectivity index (χ2n) is 5.24. The second-order valence-corrected chi connectivity index (χ2v) is 5.24. The van der Waals surface area contributed by atoms with Crippen molar-refractivity contribution in [1.29, 1.82) is 0 Å². The molecule has 0 fully saturated rings. The number of rotatable bonds is 4. The molecule has 2 rings (SSSR count). The first-order chi connectivity index (χ1) is 9.34. The van der Waals surface area contributed by atoms with Crippen LogP contribution in [0.2, 0.25) is 0 Å². The van der Waals surface area contributed by atoms with E-state index in [0.29, 0.717) is 5.56 Å². The van der Waals surface area contributed by atoms with Crippen LogP contribution in [-0.2, 0) is 11.8 Å². The number of carbonyl (C=O) groups excluding carboxylic acids is 1. The summed E-state index contributed by atoms with van der Waals surface area (Å²) in [5.74, 6) is -1.04. The van der Waals surface area contributed by atoms with Crippen LogP contribution in [-0.4, -0.2) is 21.4 Å². The van der Waals surface area contributed by atoms with Gasteiger partial charge in [-0.15, -0.1) is 0 Å². The van der Waals surface area contributed by atoms with Gasteiger partial charge in [-0.2, -0.15) is 0 Å². The molecule has 20 heavy (non-hydrogen) atoms. The van der Waals surface area contributed by atoms with Crippen LogP contribution in [0.1, 0.15) is 40.0 Å². The van der Waals surface area contributed by atoms with Gasteiger partial charge in [-0.3, -0.25) is 9.59 Å². The number of carbonyl (C=O) groups is 2. The van der Waals surface area contributed by atoms with Crippen LogP contribution in [0.5, 0.6) is 0 Å². The number of fused-ring (bicyclic) bond motifs is 1. The highest BCUT2D eigenvalue weighted by atomic mass is 16.4. The van der Waals surface area contributed by atoms with Crippen molar-refractivity contribution in [2.75, 3.05) is 0 Å². The lowest BCUT2D eigenvalue weighted by atomic mass is 10.00. The minimum Gasteiger partial charge on any atom is -0.481 e. The van der Waals surface area contributed by atoms with Gasteiger partial charge in [-0.25, -0.2) is 0 Å². The third-order valence-corrected chi connectivity index (χ3v) is 4.02. The van der Waals surface area contributed by atoms with Crippen molar-refractivity contribution in [3.8, 4) is 0 Å². The number of benzene rings is 1. The van der Waals surface area contributed by atoms with Crippen molar-refractivity contribution in [2.24, 2.45) is 7.05 Å². The molecule has 0 amide bonds. The van der Waals surface area contributed by atoms with Crippen LogP contribution in [0.15, 0.2) is 12.1 Å². The maximum atomic E-state index is 12.3. The van der Waals surface area contributed by atoms with Gasteiger partial charge in [-0.05, 0) is 31.9 Å². The molecule has 4 heteroatoms. The summed E-state index contributed by atoms with van der Waals surface area (Å²) in [6, 6.07) is 3.96. The summed E-state index contributed by atoms with van der Waals surface area (Å²) >= 11 is 0. The van der Waals surface area contributed by atoms with E-state index in [1.54, 1.807) is 0 Å². The Bertz CT molecular complexity index is 710. The minimum atomic E-state index is -0.941. The third kappa shape index (κ3) is 2.22. The first kappa shape index (κ1) is 14.3. The summed E-state index contributed by atoms with van der Waals surface area (Å²) in [4.78, 5) is 22.9. The summed E-state index contributed by atoms with van der Waals surface area (Å²) < 4.78 is 2.02. The molecule has 106 valence electrons. The Labute approximate surface area is 118 Å². The molecule has 0 spiro atoms. The van der Waals surface area contributed by atoms with E-state index in [-0.39, 0.29) is 18.6 Å². The average Bonchev–Trinajstić information content (AvgIpc) is 2.64. The predicted octanol–water partition coefficient (Wildman–Crippen LogP) is 3.15. The highest BCUT2D eigenvalue weighted by Crippen LogP contribution is 2.30. The SMILES string of the molecule is Cc1ccc2c(C(=O)CCC(=O)O)c(C)n(C)c2c1C. The first-order valence-electron chi connectivity index (χ1n) is 6.64. The number of aliphatic carboxylic acids is 1. The lowest BCUT2D eigenvalue weighted by Gasteiger charge is -2.05. The van der Waals surface area contributed by atoms with E-state index >= 15 is 0 Å². The molecule has 0 saturated heterocycles. The van der Waals surface area contributed by atoms with Gasteiger partial charge in [0.25, 0.3) is 0 Å². The van der Waals surface area contributed by atoms with Crippen molar-refractivity contribution in [2.45, 2.75) is 33.6 Å². The van der Waals surface area contributed by atoms with E-state index in [1.807, 2.05) is 44.5 Å². The highest BCUT2D eigenvalue weighted by Gasteiger charge is 2.20. The van der Waals surface area contributed by atoms with Crippen LogP contribution < -0.4 is 0 Å². The highest BCUT2D eigenvalue weighted by molar-refractivity contribution is 6.10. The molecule has 0 radical (unpaired) electrons. The topological polar surface area (TPSA) is 59.3 Å². The van der Waals surface area contributed by atoms with Crippen LogP contribution >= 0.6 is 0 Å². The summed E-state index contributed by atoms with van der Waals surface area (Å²) in [5.41, 5.74) is 4.95. The van der Waals surface area contributed by atoms with E-state index in [1.165, 1.54) is 5.56 Å². The summed E-state index contributed by atoms with van der Waals surface area (Å²) in [5, 5.41) is 9.64. The zero-order chi connectivity index (χ0) is 15.0. The molecule has 4 nitrogen and oxygen atoms in total. The fourth-order valence-electron chi connectivity index (χ4n) is 2.66. The van der Waals surface area contributed by atoms with Gasteiger partial charge in [0, 0.05) is 30.1 Å². The number of aryl methyl sites for hydroxylation is 3. The quantitative estimate of drug-likeness (QED) is 0.870. The maximum absolute atomic E-state index is 12.3. The smallest absolute Gasteiger partial charge is 0.303 e. The lowest BCUT2D eigenvalue weighted by Crippen LogP contribution is -2.05. The molecule has 1 aromatic heterocycles. The van der Waals surface area contributed by atoms with Crippen molar-refractivity contribution in [3.05, 3.63) is 34.5 Å². The molecule has 0 saturated carbocycles.